The molecule has 1 heterocycles. The zero-order valence-corrected chi connectivity index (χ0v) is 20.1. The van der Waals surface area contributed by atoms with E-state index in [-0.39, 0.29) is 23.3 Å². The van der Waals surface area contributed by atoms with Gasteiger partial charge in [0.05, 0.1) is 4.88 Å². The number of hydrogen-bond acceptors (Lipinski definition) is 4. The molecular weight excluding hydrogens is 394 g/mol. The lowest BCUT2D eigenvalue weighted by Crippen LogP contribution is -2.39. The van der Waals surface area contributed by atoms with Crippen molar-refractivity contribution in [3.8, 4) is 0 Å². The van der Waals surface area contributed by atoms with Gasteiger partial charge in [0.2, 0.25) is 5.91 Å². The van der Waals surface area contributed by atoms with Gasteiger partial charge in [-0.25, -0.2) is 0 Å². The minimum atomic E-state index is -0.115. The van der Waals surface area contributed by atoms with Crippen molar-refractivity contribution in [3.63, 3.8) is 0 Å². The molecule has 5 nitrogen and oxygen atoms in total. The molecule has 1 atom stereocenters. The fourth-order valence-corrected chi connectivity index (χ4v) is 3.89. The fraction of sp³-hybridized carbons (Fsp3) is 0.500. The lowest BCUT2D eigenvalue weighted by molar-refractivity contribution is -0.135. The van der Waals surface area contributed by atoms with Crippen LogP contribution in [0.15, 0.2) is 35.7 Å². The van der Waals surface area contributed by atoms with Crippen molar-refractivity contribution < 1.29 is 9.59 Å². The molecule has 0 aliphatic rings. The number of thiophene rings is 1. The second-order valence-corrected chi connectivity index (χ2v) is 10.1. The third kappa shape index (κ3) is 6.59. The number of amides is 2. The van der Waals surface area contributed by atoms with Crippen LogP contribution in [0, 0.1) is 5.41 Å². The number of carbonyl (C=O) groups is 2. The summed E-state index contributed by atoms with van der Waals surface area (Å²) in [6, 6.07) is 9.72. The van der Waals surface area contributed by atoms with Gasteiger partial charge >= 0.3 is 0 Å². The molecule has 1 N–H and O–H groups in total. The fourth-order valence-electron chi connectivity index (χ4n) is 3.28. The highest BCUT2D eigenvalue weighted by Gasteiger charge is 2.25. The quantitative estimate of drug-likeness (QED) is 0.592. The summed E-state index contributed by atoms with van der Waals surface area (Å²) < 4.78 is 0. The Labute approximate surface area is 185 Å². The number of nitrogens with one attached hydrogen (secondary N) is 1. The van der Waals surface area contributed by atoms with Gasteiger partial charge in [0.25, 0.3) is 5.91 Å². The molecule has 1 aromatic heterocycles. The lowest BCUT2D eigenvalue weighted by Gasteiger charge is -2.33. The Balaban J connectivity index is 2.33. The van der Waals surface area contributed by atoms with Crippen LogP contribution in [0.1, 0.15) is 62.7 Å². The minimum Gasteiger partial charge on any atom is -0.377 e. The van der Waals surface area contributed by atoms with E-state index in [1.54, 1.807) is 0 Å². The zero-order valence-electron chi connectivity index (χ0n) is 19.3. The van der Waals surface area contributed by atoms with Gasteiger partial charge in [-0.2, -0.15) is 0 Å². The molecule has 0 aliphatic carbocycles. The Morgan fingerprint density at radius 3 is 2.40 bits per heavy atom. The van der Waals surface area contributed by atoms with Crippen LogP contribution in [0.4, 0.5) is 11.4 Å². The molecule has 2 aromatic rings. The van der Waals surface area contributed by atoms with E-state index < -0.39 is 0 Å². The maximum Gasteiger partial charge on any atom is 0.265 e. The standard InChI is InChI=1S/C24H35N3O2S/c1-8-17(2)27(22(28)15-24(3,4)5)16-18-14-19(11-12-20(18)26(6)7)25-23(29)21-10-9-13-30-21/h9-14,17H,8,15-16H2,1-7H3,(H,25,29)/t17-/m0/s1. The van der Waals surface area contributed by atoms with Gasteiger partial charge in [0.1, 0.15) is 0 Å². The largest absolute Gasteiger partial charge is 0.377 e. The van der Waals surface area contributed by atoms with Gasteiger partial charge < -0.3 is 15.1 Å². The van der Waals surface area contributed by atoms with Crippen molar-refractivity contribution in [2.45, 2.75) is 60.0 Å². The third-order valence-electron chi connectivity index (χ3n) is 5.03. The highest BCUT2D eigenvalue weighted by molar-refractivity contribution is 7.12. The van der Waals surface area contributed by atoms with Gasteiger partial charge in [0, 0.05) is 44.5 Å². The molecule has 0 radical (unpaired) electrons. The van der Waals surface area contributed by atoms with E-state index in [0.29, 0.717) is 17.8 Å². The zero-order chi connectivity index (χ0) is 22.5. The van der Waals surface area contributed by atoms with Crippen molar-refractivity contribution in [2.24, 2.45) is 5.41 Å². The Morgan fingerprint density at radius 2 is 1.87 bits per heavy atom. The van der Waals surface area contributed by atoms with Crippen LogP contribution >= 0.6 is 11.3 Å². The molecular formula is C24H35N3O2S. The smallest absolute Gasteiger partial charge is 0.265 e. The number of nitrogens with zero attached hydrogens (tertiary/aromatic N) is 2. The summed E-state index contributed by atoms with van der Waals surface area (Å²) in [5, 5.41) is 4.87. The van der Waals surface area contributed by atoms with Crippen molar-refractivity contribution in [1.82, 2.24) is 4.90 Å². The van der Waals surface area contributed by atoms with Gasteiger partial charge in [-0.3, -0.25) is 9.59 Å². The topological polar surface area (TPSA) is 52.7 Å². The van der Waals surface area contributed by atoms with Crippen molar-refractivity contribution in [3.05, 3.63) is 46.2 Å². The summed E-state index contributed by atoms with van der Waals surface area (Å²) in [6.45, 7) is 11.0. The van der Waals surface area contributed by atoms with Gasteiger partial charge in [-0.05, 0) is 54.0 Å². The maximum atomic E-state index is 13.1. The Hall–Kier alpha value is -2.34. The first-order valence-electron chi connectivity index (χ1n) is 10.5. The van der Waals surface area contributed by atoms with Crippen LogP contribution in [0.25, 0.3) is 0 Å². The van der Waals surface area contributed by atoms with E-state index in [4.69, 9.17) is 0 Å². The highest BCUT2D eigenvalue weighted by Crippen LogP contribution is 2.28. The van der Waals surface area contributed by atoms with E-state index in [1.165, 1.54) is 11.3 Å². The molecule has 2 rings (SSSR count). The summed E-state index contributed by atoms with van der Waals surface area (Å²) >= 11 is 1.42. The van der Waals surface area contributed by atoms with Crippen LogP contribution in [0.3, 0.4) is 0 Å². The van der Waals surface area contributed by atoms with Crippen LogP contribution in [0.2, 0.25) is 0 Å². The maximum absolute atomic E-state index is 13.1. The summed E-state index contributed by atoms with van der Waals surface area (Å²) in [7, 11) is 3.99. The Kier molecular flexibility index (Phi) is 8.07. The molecule has 0 saturated carbocycles. The van der Waals surface area contributed by atoms with Gasteiger partial charge in [0.15, 0.2) is 0 Å². The van der Waals surface area contributed by atoms with Crippen molar-refractivity contribution in [2.75, 3.05) is 24.3 Å². The molecule has 164 valence electrons. The second-order valence-electron chi connectivity index (χ2n) is 9.19. The molecule has 0 fully saturated rings. The van der Waals surface area contributed by atoms with E-state index in [2.05, 4.69) is 39.9 Å². The van der Waals surface area contributed by atoms with Crippen LogP contribution < -0.4 is 10.2 Å². The van der Waals surface area contributed by atoms with Gasteiger partial charge in [-0.1, -0.05) is 33.8 Å². The number of carbonyl (C=O) groups excluding carboxylic acids is 2. The molecule has 30 heavy (non-hydrogen) atoms. The van der Waals surface area contributed by atoms with E-state index in [1.807, 2.05) is 59.6 Å². The molecule has 0 bridgehead atoms. The van der Waals surface area contributed by atoms with E-state index >= 15 is 0 Å². The number of benzene rings is 1. The normalized spacial score (nSPS) is 12.4. The Morgan fingerprint density at radius 1 is 1.17 bits per heavy atom. The van der Waals surface area contributed by atoms with Crippen LogP contribution in [-0.4, -0.2) is 36.9 Å². The lowest BCUT2D eigenvalue weighted by atomic mass is 9.91. The number of hydrogen-bond donors (Lipinski definition) is 1. The molecule has 0 saturated heterocycles. The molecule has 1 aromatic carbocycles. The highest BCUT2D eigenvalue weighted by atomic mass is 32.1. The minimum absolute atomic E-state index is 0.0658. The number of anilines is 2. The average Bonchev–Trinajstić information content (AvgIpc) is 3.18. The molecule has 0 unspecified atom stereocenters. The van der Waals surface area contributed by atoms with Crippen molar-refractivity contribution >= 4 is 34.5 Å². The Bertz CT molecular complexity index is 854. The van der Waals surface area contributed by atoms with E-state index in [9.17, 15) is 9.59 Å². The predicted molar refractivity (Wildman–Crippen MR) is 127 cm³/mol. The SMILES string of the molecule is CC[C@H](C)N(Cc1cc(NC(=O)c2cccs2)ccc1N(C)C)C(=O)CC(C)(C)C. The first kappa shape index (κ1) is 23.9. The van der Waals surface area contributed by atoms with E-state index in [0.717, 1.165) is 23.4 Å². The van der Waals surface area contributed by atoms with Crippen LogP contribution in [-0.2, 0) is 11.3 Å². The molecule has 2 amide bonds. The molecule has 0 aliphatic heterocycles. The van der Waals surface area contributed by atoms with Crippen LogP contribution in [0.5, 0.6) is 0 Å². The molecule has 0 spiro atoms. The first-order chi connectivity index (χ1) is 14.0. The van der Waals surface area contributed by atoms with Gasteiger partial charge in [-0.15, -0.1) is 11.3 Å². The predicted octanol–water partition coefficient (Wildman–Crippen LogP) is 5.63. The summed E-state index contributed by atoms with van der Waals surface area (Å²) in [6.07, 6.45) is 1.39. The monoisotopic (exact) mass is 429 g/mol. The first-order valence-corrected chi connectivity index (χ1v) is 11.3. The summed E-state index contributed by atoms with van der Waals surface area (Å²) in [5.74, 6) is 0.0470. The second kappa shape index (κ2) is 10.1. The van der Waals surface area contributed by atoms with Crippen molar-refractivity contribution in [1.29, 1.82) is 0 Å². The summed E-state index contributed by atoms with van der Waals surface area (Å²) in [5.41, 5.74) is 2.73. The average molecular weight is 430 g/mol. The third-order valence-corrected chi connectivity index (χ3v) is 5.90. The summed E-state index contributed by atoms with van der Waals surface area (Å²) in [4.78, 5) is 30.3. The number of rotatable bonds is 8. The molecule has 6 heteroatoms.